The van der Waals surface area contributed by atoms with Crippen molar-refractivity contribution >= 4 is 0 Å². The first-order valence-electron chi connectivity index (χ1n) is 6.71. The highest BCUT2D eigenvalue weighted by Crippen LogP contribution is 2.38. The van der Waals surface area contributed by atoms with E-state index >= 15 is 0 Å². The van der Waals surface area contributed by atoms with E-state index < -0.39 is 5.79 Å². The molecule has 0 radical (unpaired) electrons. The van der Waals surface area contributed by atoms with Crippen molar-refractivity contribution in [3.63, 3.8) is 0 Å². The molecule has 0 saturated carbocycles. The van der Waals surface area contributed by atoms with Crippen molar-refractivity contribution in [3.05, 3.63) is 0 Å². The van der Waals surface area contributed by atoms with E-state index in [1.807, 2.05) is 13.8 Å². The number of unbranched alkanes of at least 4 members (excludes halogenated alkanes) is 2. The van der Waals surface area contributed by atoms with Crippen molar-refractivity contribution in [1.82, 2.24) is 0 Å². The smallest absolute Gasteiger partial charge is 0.187 e. The molecule has 4 atom stereocenters. The van der Waals surface area contributed by atoms with Gasteiger partial charge in [0.05, 0.1) is 12.2 Å². The van der Waals surface area contributed by atoms with Crippen molar-refractivity contribution < 1.29 is 19.3 Å². The minimum atomic E-state index is -0.548. The van der Waals surface area contributed by atoms with Crippen molar-refractivity contribution in [3.8, 4) is 0 Å². The van der Waals surface area contributed by atoms with Crippen molar-refractivity contribution in [1.29, 1.82) is 0 Å². The largest absolute Gasteiger partial charge is 0.390 e. The Morgan fingerprint density at radius 1 is 1.29 bits per heavy atom. The van der Waals surface area contributed by atoms with Gasteiger partial charge in [-0.15, -0.1) is 0 Å². The van der Waals surface area contributed by atoms with Crippen LogP contribution in [0, 0.1) is 0 Å². The minimum Gasteiger partial charge on any atom is -0.390 e. The molecule has 0 spiro atoms. The fraction of sp³-hybridized carbons (Fsp3) is 1.00. The summed E-state index contributed by atoms with van der Waals surface area (Å²) < 4.78 is 17.1. The van der Waals surface area contributed by atoms with E-state index in [9.17, 15) is 5.11 Å². The highest BCUT2D eigenvalue weighted by Gasteiger charge is 2.49. The fourth-order valence-corrected chi connectivity index (χ4v) is 2.57. The molecular weight excluding hydrogens is 220 g/mol. The number of aliphatic hydroxyl groups is 1. The first-order valence-corrected chi connectivity index (χ1v) is 6.71. The molecule has 0 unspecified atom stereocenters. The van der Waals surface area contributed by atoms with Gasteiger partial charge >= 0.3 is 0 Å². The molecular formula is C13H24O4. The van der Waals surface area contributed by atoms with Crippen LogP contribution in [0.4, 0.5) is 0 Å². The molecule has 1 N–H and O–H groups in total. The van der Waals surface area contributed by atoms with Crippen LogP contribution >= 0.6 is 0 Å². The summed E-state index contributed by atoms with van der Waals surface area (Å²) in [6, 6.07) is 0. The van der Waals surface area contributed by atoms with Gasteiger partial charge in [-0.2, -0.15) is 0 Å². The lowest BCUT2D eigenvalue weighted by Crippen LogP contribution is -2.30. The molecule has 4 heteroatoms. The molecule has 100 valence electrons. The molecule has 2 heterocycles. The second-order valence-electron chi connectivity index (χ2n) is 5.52. The molecule has 0 aromatic rings. The third kappa shape index (κ3) is 3.19. The van der Waals surface area contributed by atoms with Gasteiger partial charge in [0.1, 0.15) is 6.10 Å². The molecule has 0 amide bonds. The quantitative estimate of drug-likeness (QED) is 0.753. The lowest BCUT2D eigenvalue weighted by Gasteiger charge is -2.23. The van der Waals surface area contributed by atoms with Crippen LogP contribution in [0.5, 0.6) is 0 Å². The minimum absolute atomic E-state index is 0.0178. The van der Waals surface area contributed by atoms with Crippen LogP contribution in [0.25, 0.3) is 0 Å². The maximum Gasteiger partial charge on any atom is 0.187 e. The van der Waals surface area contributed by atoms with E-state index in [0.29, 0.717) is 0 Å². The van der Waals surface area contributed by atoms with Gasteiger partial charge in [-0.1, -0.05) is 26.2 Å². The summed E-state index contributed by atoms with van der Waals surface area (Å²) in [6.07, 6.45) is 4.11. The number of fused-ring (bicyclic) bond motifs is 1. The number of ether oxygens (including phenoxy) is 3. The maximum absolute atomic E-state index is 10.0. The monoisotopic (exact) mass is 244 g/mol. The SMILES string of the molecule is CCCCC[C@@H](O)[C@H]1C[C@H]2OC(C)(C)O[C@H]2O1. The van der Waals surface area contributed by atoms with Crippen LogP contribution in [-0.2, 0) is 14.2 Å². The molecule has 0 aliphatic carbocycles. The zero-order valence-electron chi connectivity index (χ0n) is 11.0. The van der Waals surface area contributed by atoms with Gasteiger partial charge in [0.2, 0.25) is 0 Å². The van der Waals surface area contributed by atoms with Gasteiger partial charge in [0, 0.05) is 6.42 Å². The fourth-order valence-electron chi connectivity index (χ4n) is 2.57. The summed E-state index contributed by atoms with van der Waals surface area (Å²) in [6.45, 7) is 5.94. The molecule has 0 bridgehead atoms. The van der Waals surface area contributed by atoms with Gasteiger partial charge < -0.3 is 19.3 Å². The molecule has 0 aromatic heterocycles. The van der Waals surface area contributed by atoms with Crippen LogP contribution in [0.15, 0.2) is 0 Å². The maximum atomic E-state index is 10.0. The van der Waals surface area contributed by atoms with Crippen molar-refractivity contribution in [2.75, 3.05) is 0 Å². The Morgan fingerprint density at radius 2 is 2.06 bits per heavy atom. The molecule has 2 aliphatic rings. The lowest BCUT2D eigenvalue weighted by atomic mass is 10.0. The topological polar surface area (TPSA) is 47.9 Å². The summed E-state index contributed by atoms with van der Waals surface area (Å²) in [5, 5.41) is 10.0. The zero-order valence-corrected chi connectivity index (χ0v) is 11.0. The second-order valence-corrected chi connectivity index (χ2v) is 5.52. The van der Waals surface area contributed by atoms with Crippen molar-refractivity contribution in [2.24, 2.45) is 0 Å². The van der Waals surface area contributed by atoms with E-state index in [2.05, 4.69) is 6.92 Å². The zero-order chi connectivity index (χ0) is 12.5. The molecule has 0 aromatic carbocycles. The van der Waals surface area contributed by atoms with E-state index in [0.717, 1.165) is 25.7 Å². The third-order valence-corrected chi connectivity index (χ3v) is 3.44. The Labute approximate surface area is 103 Å². The van der Waals surface area contributed by atoms with Crippen LogP contribution in [0.1, 0.15) is 52.9 Å². The molecule has 17 heavy (non-hydrogen) atoms. The van der Waals surface area contributed by atoms with Gasteiger partial charge in [0.15, 0.2) is 12.1 Å². The number of hydrogen-bond donors (Lipinski definition) is 1. The normalized spacial score (nSPS) is 37.1. The Bertz CT molecular complexity index is 238. The second kappa shape index (κ2) is 5.22. The summed E-state index contributed by atoms with van der Waals surface area (Å²) in [7, 11) is 0. The standard InChI is InChI=1S/C13H24O4/c1-4-5-6-7-9(14)10-8-11-12(15-10)17-13(2,3)16-11/h9-12,14H,4-8H2,1-3H3/t9-,10-,11-,12-/m1/s1. The summed E-state index contributed by atoms with van der Waals surface area (Å²) >= 11 is 0. The van der Waals surface area contributed by atoms with Gasteiger partial charge in [-0.3, -0.25) is 0 Å². The Balaban J connectivity index is 1.76. The molecule has 2 saturated heterocycles. The summed E-state index contributed by atoms with van der Waals surface area (Å²) in [4.78, 5) is 0. The average Bonchev–Trinajstić information content (AvgIpc) is 2.71. The highest BCUT2D eigenvalue weighted by molar-refractivity contribution is 4.88. The van der Waals surface area contributed by atoms with Crippen LogP contribution in [0.3, 0.4) is 0 Å². The van der Waals surface area contributed by atoms with Gasteiger partial charge in [-0.05, 0) is 20.3 Å². The van der Waals surface area contributed by atoms with Crippen LogP contribution in [-0.4, -0.2) is 35.5 Å². The number of aliphatic hydroxyl groups excluding tert-OH is 1. The average molecular weight is 244 g/mol. The first-order chi connectivity index (χ1) is 8.02. The summed E-state index contributed by atoms with van der Waals surface area (Å²) in [5.41, 5.74) is 0. The van der Waals surface area contributed by atoms with E-state index in [4.69, 9.17) is 14.2 Å². The first kappa shape index (κ1) is 13.3. The lowest BCUT2D eigenvalue weighted by molar-refractivity contribution is -0.214. The number of rotatable bonds is 5. The predicted octanol–water partition coefficient (Wildman–Crippen LogP) is 2.19. The van der Waals surface area contributed by atoms with E-state index in [1.165, 1.54) is 6.42 Å². The van der Waals surface area contributed by atoms with E-state index in [1.54, 1.807) is 0 Å². The highest BCUT2D eigenvalue weighted by atomic mass is 16.8. The van der Waals surface area contributed by atoms with Crippen molar-refractivity contribution in [2.45, 2.75) is 83.3 Å². The molecule has 2 fully saturated rings. The van der Waals surface area contributed by atoms with Gasteiger partial charge in [-0.25, -0.2) is 0 Å². The van der Waals surface area contributed by atoms with E-state index in [-0.39, 0.29) is 24.6 Å². The van der Waals surface area contributed by atoms with Crippen LogP contribution < -0.4 is 0 Å². The Morgan fingerprint density at radius 3 is 2.71 bits per heavy atom. The summed E-state index contributed by atoms with van der Waals surface area (Å²) in [5.74, 6) is -0.548. The third-order valence-electron chi connectivity index (χ3n) is 3.44. The molecule has 2 aliphatic heterocycles. The number of hydrogen-bond acceptors (Lipinski definition) is 4. The van der Waals surface area contributed by atoms with Crippen LogP contribution in [0.2, 0.25) is 0 Å². The Kier molecular flexibility index (Phi) is 4.08. The Hall–Kier alpha value is -0.160. The molecule has 2 rings (SSSR count). The molecule has 4 nitrogen and oxygen atoms in total. The van der Waals surface area contributed by atoms with Gasteiger partial charge in [0.25, 0.3) is 0 Å². The predicted molar refractivity (Wildman–Crippen MR) is 63.5 cm³/mol.